The molecular formula is C17H15N3O3. The van der Waals surface area contributed by atoms with Crippen LogP contribution in [0.1, 0.15) is 5.56 Å². The number of hydrogen-bond donors (Lipinski definition) is 1. The second-order valence-corrected chi connectivity index (χ2v) is 4.95. The number of nitro groups is 1. The van der Waals surface area contributed by atoms with Gasteiger partial charge < -0.3 is 10.1 Å². The molecule has 0 spiro atoms. The molecule has 1 heterocycles. The van der Waals surface area contributed by atoms with Crippen molar-refractivity contribution in [2.45, 2.75) is 6.61 Å². The summed E-state index contributed by atoms with van der Waals surface area (Å²) in [5, 5.41) is 15.0. The van der Waals surface area contributed by atoms with E-state index in [1.807, 2.05) is 30.3 Å². The molecule has 1 aromatic heterocycles. The topological polar surface area (TPSA) is 77.3 Å². The molecule has 2 aromatic carbocycles. The first-order chi connectivity index (χ1) is 11.2. The molecule has 1 N–H and O–H groups in total. The molecule has 0 bridgehead atoms. The molecule has 0 saturated heterocycles. The van der Waals surface area contributed by atoms with E-state index in [1.165, 1.54) is 0 Å². The maximum Gasteiger partial charge on any atom is 0.322 e. The average Bonchev–Trinajstić information content (AvgIpc) is 2.59. The highest BCUT2D eigenvalue weighted by Gasteiger charge is 2.23. The standard InChI is InChI=1S/C17H15N3O3/c1-18-13-9-10-19-14-7-8-15(17(16(13)14)20(21)22)23-11-12-5-3-2-4-6-12/h2-10H,11H2,1H3,(H,18,19). The van der Waals surface area contributed by atoms with Crippen LogP contribution in [0.3, 0.4) is 0 Å². The lowest BCUT2D eigenvalue weighted by Crippen LogP contribution is -2.01. The number of fused-ring (bicyclic) bond motifs is 1. The number of ether oxygens (including phenoxy) is 1. The van der Waals surface area contributed by atoms with Gasteiger partial charge in [-0.15, -0.1) is 0 Å². The molecule has 0 radical (unpaired) electrons. The normalized spacial score (nSPS) is 10.5. The maximum atomic E-state index is 11.6. The van der Waals surface area contributed by atoms with E-state index in [0.29, 0.717) is 16.6 Å². The monoisotopic (exact) mass is 309 g/mol. The molecule has 0 amide bonds. The van der Waals surface area contributed by atoms with Crippen LogP contribution < -0.4 is 10.1 Å². The highest BCUT2D eigenvalue weighted by Crippen LogP contribution is 2.38. The van der Waals surface area contributed by atoms with Crippen molar-refractivity contribution in [1.29, 1.82) is 0 Å². The Labute approximate surface area is 132 Å². The van der Waals surface area contributed by atoms with E-state index in [2.05, 4.69) is 10.3 Å². The Balaban J connectivity index is 2.06. The van der Waals surface area contributed by atoms with Gasteiger partial charge in [0.25, 0.3) is 0 Å². The fourth-order valence-corrected chi connectivity index (χ4v) is 2.45. The number of anilines is 1. The number of rotatable bonds is 5. The molecule has 0 aliphatic rings. The van der Waals surface area contributed by atoms with Gasteiger partial charge in [-0.3, -0.25) is 15.1 Å². The Morgan fingerprint density at radius 3 is 2.65 bits per heavy atom. The molecule has 23 heavy (non-hydrogen) atoms. The molecule has 6 heteroatoms. The predicted molar refractivity (Wildman–Crippen MR) is 88.7 cm³/mol. The number of aromatic nitrogens is 1. The first kappa shape index (κ1) is 14.8. The Morgan fingerprint density at radius 2 is 1.96 bits per heavy atom. The van der Waals surface area contributed by atoms with Gasteiger partial charge in [0.2, 0.25) is 0 Å². The van der Waals surface area contributed by atoms with Crippen LogP contribution in [0.25, 0.3) is 10.9 Å². The minimum absolute atomic E-state index is 0.0733. The van der Waals surface area contributed by atoms with Gasteiger partial charge in [-0.2, -0.15) is 0 Å². The van der Waals surface area contributed by atoms with Crippen molar-refractivity contribution in [3.63, 3.8) is 0 Å². The van der Waals surface area contributed by atoms with Gasteiger partial charge in [0.05, 0.1) is 16.1 Å². The van der Waals surface area contributed by atoms with Gasteiger partial charge in [-0.25, -0.2) is 0 Å². The van der Waals surface area contributed by atoms with E-state index in [4.69, 9.17) is 4.74 Å². The molecule has 3 rings (SSSR count). The van der Waals surface area contributed by atoms with Gasteiger partial charge in [-0.05, 0) is 23.8 Å². The van der Waals surface area contributed by atoms with E-state index in [0.717, 1.165) is 5.56 Å². The number of benzene rings is 2. The SMILES string of the molecule is CNc1ccnc2ccc(OCc3ccccc3)c([N+](=O)[O-])c12. The second kappa shape index (κ2) is 6.31. The highest BCUT2D eigenvalue weighted by atomic mass is 16.6. The summed E-state index contributed by atoms with van der Waals surface area (Å²) < 4.78 is 5.69. The summed E-state index contributed by atoms with van der Waals surface area (Å²) in [5.74, 6) is 0.232. The zero-order valence-electron chi connectivity index (χ0n) is 12.5. The van der Waals surface area contributed by atoms with Crippen molar-refractivity contribution in [2.24, 2.45) is 0 Å². The Morgan fingerprint density at radius 1 is 1.17 bits per heavy atom. The number of nitrogens with one attached hydrogen (secondary N) is 1. The van der Waals surface area contributed by atoms with Gasteiger partial charge in [0.15, 0.2) is 5.75 Å². The van der Waals surface area contributed by atoms with Crippen molar-refractivity contribution < 1.29 is 9.66 Å². The third-order valence-electron chi connectivity index (χ3n) is 3.53. The zero-order valence-corrected chi connectivity index (χ0v) is 12.5. The molecule has 0 unspecified atom stereocenters. The van der Waals surface area contributed by atoms with Crippen molar-refractivity contribution >= 4 is 22.3 Å². The Bertz CT molecular complexity index is 850. The number of hydrogen-bond acceptors (Lipinski definition) is 5. The fourth-order valence-electron chi connectivity index (χ4n) is 2.45. The number of nitrogens with zero attached hydrogens (tertiary/aromatic N) is 2. The molecule has 6 nitrogen and oxygen atoms in total. The lowest BCUT2D eigenvalue weighted by molar-refractivity contribution is -0.384. The van der Waals surface area contributed by atoms with Crippen molar-refractivity contribution in [3.05, 3.63) is 70.4 Å². The smallest absolute Gasteiger partial charge is 0.322 e. The van der Waals surface area contributed by atoms with Crippen LogP contribution in [0.15, 0.2) is 54.7 Å². The van der Waals surface area contributed by atoms with Crippen LogP contribution in [0.2, 0.25) is 0 Å². The van der Waals surface area contributed by atoms with Crippen LogP contribution >= 0.6 is 0 Å². The van der Waals surface area contributed by atoms with Gasteiger partial charge >= 0.3 is 5.69 Å². The minimum Gasteiger partial charge on any atom is -0.482 e. The zero-order chi connectivity index (χ0) is 16.2. The van der Waals surface area contributed by atoms with E-state index in [-0.39, 0.29) is 18.0 Å². The summed E-state index contributed by atoms with van der Waals surface area (Å²) in [6.07, 6.45) is 1.61. The van der Waals surface area contributed by atoms with E-state index in [1.54, 1.807) is 31.4 Å². The first-order valence-corrected chi connectivity index (χ1v) is 7.11. The highest BCUT2D eigenvalue weighted by molar-refractivity contribution is 6.00. The molecule has 0 aliphatic heterocycles. The molecule has 3 aromatic rings. The van der Waals surface area contributed by atoms with Crippen molar-refractivity contribution in [3.8, 4) is 5.75 Å². The lowest BCUT2D eigenvalue weighted by Gasteiger charge is -2.11. The maximum absolute atomic E-state index is 11.6. The van der Waals surface area contributed by atoms with E-state index >= 15 is 0 Å². The van der Waals surface area contributed by atoms with Crippen LogP contribution in [0.4, 0.5) is 11.4 Å². The third-order valence-corrected chi connectivity index (χ3v) is 3.53. The predicted octanol–water partition coefficient (Wildman–Crippen LogP) is 3.76. The molecule has 0 saturated carbocycles. The van der Waals surface area contributed by atoms with Crippen LogP contribution in [-0.4, -0.2) is 17.0 Å². The molecule has 0 atom stereocenters. The summed E-state index contributed by atoms with van der Waals surface area (Å²) in [6, 6.07) is 14.6. The van der Waals surface area contributed by atoms with Gasteiger partial charge in [0, 0.05) is 13.2 Å². The van der Waals surface area contributed by atoms with Crippen molar-refractivity contribution in [2.75, 3.05) is 12.4 Å². The van der Waals surface area contributed by atoms with Crippen LogP contribution in [0.5, 0.6) is 5.75 Å². The summed E-state index contributed by atoms with van der Waals surface area (Å²) in [5.41, 5.74) is 2.07. The Hall–Kier alpha value is -3.15. The van der Waals surface area contributed by atoms with E-state index in [9.17, 15) is 10.1 Å². The van der Waals surface area contributed by atoms with E-state index < -0.39 is 4.92 Å². The summed E-state index contributed by atoms with van der Waals surface area (Å²) >= 11 is 0. The first-order valence-electron chi connectivity index (χ1n) is 7.11. The molecular weight excluding hydrogens is 294 g/mol. The number of pyridine rings is 1. The quantitative estimate of drug-likeness (QED) is 0.573. The number of nitro benzene ring substituents is 1. The van der Waals surface area contributed by atoms with Crippen molar-refractivity contribution in [1.82, 2.24) is 4.98 Å². The van der Waals surface area contributed by atoms with Crippen LogP contribution in [0, 0.1) is 10.1 Å². The summed E-state index contributed by atoms with van der Waals surface area (Å²) in [6.45, 7) is 0.266. The second-order valence-electron chi connectivity index (χ2n) is 4.95. The third kappa shape index (κ3) is 2.91. The van der Waals surface area contributed by atoms with Crippen LogP contribution in [-0.2, 0) is 6.61 Å². The largest absolute Gasteiger partial charge is 0.482 e. The Kier molecular flexibility index (Phi) is 4.05. The molecule has 0 fully saturated rings. The lowest BCUT2D eigenvalue weighted by atomic mass is 10.1. The van der Waals surface area contributed by atoms with Gasteiger partial charge in [-0.1, -0.05) is 30.3 Å². The van der Waals surface area contributed by atoms with Gasteiger partial charge in [0.1, 0.15) is 12.0 Å². The molecule has 0 aliphatic carbocycles. The molecule has 116 valence electrons. The average molecular weight is 309 g/mol. The summed E-state index contributed by atoms with van der Waals surface area (Å²) in [7, 11) is 1.72. The fraction of sp³-hybridized carbons (Fsp3) is 0.118. The summed E-state index contributed by atoms with van der Waals surface area (Å²) in [4.78, 5) is 15.4. The minimum atomic E-state index is -0.425.